The SMILES string of the molecule is CC(Cc1cccs1)N(C)CC(CN)C(F)(F)F. The molecule has 0 saturated heterocycles. The molecule has 2 atom stereocenters. The quantitative estimate of drug-likeness (QED) is 0.868. The van der Waals surface area contributed by atoms with E-state index in [9.17, 15) is 13.2 Å². The zero-order chi connectivity index (χ0) is 13.8. The molecule has 0 aliphatic carbocycles. The van der Waals surface area contributed by atoms with Crippen molar-refractivity contribution in [2.45, 2.75) is 25.6 Å². The van der Waals surface area contributed by atoms with Gasteiger partial charge in [-0.05, 0) is 31.8 Å². The summed E-state index contributed by atoms with van der Waals surface area (Å²) >= 11 is 1.63. The number of thiophene rings is 1. The van der Waals surface area contributed by atoms with Gasteiger partial charge in [-0.2, -0.15) is 13.2 Å². The summed E-state index contributed by atoms with van der Waals surface area (Å²) in [5.74, 6) is -1.45. The molecule has 2 unspecified atom stereocenters. The Morgan fingerprint density at radius 2 is 2.11 bits per heavy atom. The molecule has 18 heavy (non-hydrogen) atoms. The molecule has 0 fully saturated rings. The molecule has 0 spiro atoms. The second kappa shape index (κ2) is 6.54. The summed E-state index contributed by atoms with van der Waals surface area (Å²) in [5, 5.41) is 1.97. The predicted octanol–water partition coefficient (Wildman–Crippen LogP) is 2.75. The zero-order valence-electron chi connectivity index (χ0n) is 10.6. The molecule has 0 amide bonds. The van der Waals surface area contributed by atoms with E-state index < -0.39 is 12.1 Å². The molecule has 0 radical (unpaired) electrons. The van der Waals surface area contributed by atoms with Crippen LogP contribution in [0.5, 0.6) is 0 Å². The monoisotopic (exact) mass is 280 g/mol. The van der Waals surface area contributed by atoms with Gasteiger partial charge in [0.25, 0.3) is 0 Å². The van der Waals surface area contributed by atoms with Crippen LogP contribution in [-0.4, -0.2) is 37.3 Å². The summed E-state index contributed by atoms with van der Waals surface area (Å²) < 4.78 is 37.9. The fourth-order valence-electron chi connectivity index (χ4n) is 1.71. The molecule has 1 heterocycles. The van der Waals surface area contributed by atoms with Gasteiger partial charge in [0, 0.05) is 24.0 Å². The summed E-state index contributed by atoms with van der Waals surface area (Å²) in [6.07, 6.45) is -3.45. The lowest BCUT2D eigenvalue weighted by Crippen LogP contribution is -2.43. The lowest BCUT2D eigenvalue weighted by atomic mass is 10.1. The second-order valence-electron chi connectivity index (χ2n) is 4.55. The van der Waals surface area contributed by atoms with Gasteiger partial charge in [0.05, 0.1) is 5.92 Å². The molecule has 0 saturated carbocycles. The van der Waals surface area contributed by atoms with Crippen LogP contribution in [0, 0.1) is 5.92 Å². The lowest BCUT2D eigenvalue weighted by Gasteiger charge is -2.29. The van der Waals surface area contributed by atoms with Crippen LogP contribution in [0.25, 0.3) is 0 Å². The molecule has 0 aliphatic heterocycles. The summed E-state index contributed by atoms with van der Waals surface area (Å²) in [7, 11) is 1.71. The van der Waals surface area contributed by atoms with Gasteiger partial charge in [0.2, 0.25) is 0 Å². The van der Waals surface area contributed by atoms with Gasteiger partial charge < -0.3 is 10.6 Å². The number of hydrogen-bond donors (Lipinski definition) is 1. The van der Waals surface area contributed by atoms with Crippen molar-refractivity contribution in [2.24, 2.45) is 11.7 Å². The number of rotatable bonds is 6. The molecule has 6 heteroatoms. The van der Waals surface area contributed by atoms with E-state index in [2.05, 4.69) is 0 Å². The van der Waals surface area contributed by atoms with Gasteiger partial charge in [-0.3, -0.25) is 0 Å². The minimum Gasteiger partial charge on any atom is -0.330 e. The average molecular weight is 280 g/mol. The van der Waals surface area contributed by atoms with Crippen molar-refractivity contribution < 1.29 is 13.2 Å². The van der Waals surface area contributed by atoms with Crippen molar-refractivity contribution in [3.05, 3.63) is 22.4 Å². The normalized spacial score (nSPS) is 15.9. The topological polar surface area (TPSA) is 29.3 Å². The number of likely N-dealkylation sites (N-methyl/N-ethyl adjacent to an activating group) is 1. The van der Waals surface area contributed by atoms with Crippen LogP contribution in [0.4, 0.5) is 13.2 Å². The van der Waals surface area contributed by atoms with E-state index in [4.69, 9.17) is 5.73 Å². The highest BCUT2D eigenvalue weighted by Crippen LogP contribution is 2.26. The smallest absolute Gasteiger partial charge is 0.330 e. The first-order valence-corrected chi connectivity index (χ1v) is 6.72. The highest BCUT2D eigenvalue weighted by Gasteiger charge is 2.39. The maximum Gasteiger partial charge on any atom is 0.394 e. The van der Waals surface area contributed by atoms with Crippen LogP contribution < -0.4 is 5.73 Å². The van der Waals surface area contributed by atoms with Crippen LogP contribution in [0.1, 0.15) is 11.8 Å². The van der Waals surface area contributed by atoms with Crippen LogP contribution in [0.15, 0.2) is 17.5 Å². The lowest BCUT2D eigenvalue weighted by molar-refractivity contribution is -0.176. The number of halogens is 3. The highest BCUT2D eigenvalue weighted by atomic mass is 32.1. The Morgan fingerprint density at radius 3 is 2.56 bits per heavy atom. The predicted molar refractivity (Wildman–Crippen MR) is 68.7 cm³/mol. The molecule has 0 bridgehead atoms. The third kappa shape index (κ3) is 4.59. The molecular formula is C12H19F3N2S. The number of nitrogens with zero attached hydrogens (tertiary/aromatic N) is 1. The third-order valence-electron chi connectivity index (χ3n) is 3.08. The van der Waals surface area contributed by atoms with Crippen LogP contribution >= 0.6 is 11.3 Å². The Kier molecular flexibility index (Phi) is 5.62. The van der Waals surface area contributed by atoms with E-state index in [1.165, 1.54) is 4.88 Å². The van der Waals surface area contributed by atoms with Crippen LogP contribution in [0.2, 0.25) is 0 Å². The Labute approximate surface area is 110 Å². The van der Waals surface area contributed by atoms with Gasteiger partial charge in [-0.1, -0.05) is 6.07 Å². The fourth-order valence-corrected chi connectivity index (χ4v) is 2.54. The maximum atomic E-state index is 12.6. The molecule has 104 valence electrons. The average Bonchev–Trinajstić information content (AvgIpc) is 2.76. The number of alkyl halides is 3. The summed E-state index contributed by atoms with van der Waals surface area (Å²) in [6.45, 7) is 1.52. The van der Waals surface area contributed by atoms with Crippen molar-refractivity contribution in [1.82, 2.24) is 4.90 Å². The van der Waals surface area contributed by atoms with Gasteiger partial charge in [-0.15, -0.1) is 11.3 Å². The Morgan fingerprint density at radius 1 is 1.44 bits per heavy atom. The molecule has 1 rings (SSSR count). The Bertz CT molecular complexity index is 338. The van der Waals surface area contributed by atoms with Gasteiger partial charge in [0.1, 0.15) is 0 Å². The van der Waals surface area contributed by atoms with Crippen molar-refractivity contribution in [3.8, 4) is 0 Å². The first-order chi connectivity index (χ1) is 8.34. The molecule has 1 aromatic heterocycles. The van der Waals surface area contributed by atoms with Gasteiger partial charge in [0.15, 0.2) is 0 Å². The standard InChI is InChI=1S/C12H19F3N2S/c1-9(6-11-4-3-5-18-11)17(2)8-10(7-16)12(13,14)15/h3-5,9-10H,6-8,16H2,1-2H3. The first kappa shape index (κ1) is 15.5. The molecule has 0 aromatic carbocycles. The van der Waals surface area contributed by atoms with Crippen LogP contribution in [0.3, 0.4) is 0 Å². The van der Waals surface area contributed by atoms with Gasteiger partial charge in [-0.25, -0.2) is 0 Å². The number of nitrogens with two attached hydrogens (primary N) is 1. The third-order valence-corrected chi connectivity index (χ3v) is 3.98. The molecule has 2 N–H and O–H groups in total. The van der Waals surface area contributed by atoms with E-state index in [0.29, 0.717) is 0 Å². The van der Waals surface area contributed by atoms with E-state index in [-0.39, 0.29) is 19.1 Å². The van der Waals surface area contributed by atoms with Crippen molar-refractivity contribution in [1.29, 1.82) is 0 Å². The van der Waals surface area contributed by atoms with Crippen molar-refractivity contribution in [3.63, 3.8) is 0 Å². The van der Waals surface area contributed by atoms with Crippen molar-refractivity contribution >= 4 is 11.3 Å². The summed E-state index contributed by atoms with van der Waals surface area (Å²) in [5.41, 5.74) is 5.20. The van der Waals surface area contributed by atoms with E-state index >= 15 is 0 Å². The largest absolute Gasteiger partial charge is 0.394 e. The van der Waals surface area contributed by atoms with E-state index in [1.807, 2.05) is 24.4 Å². The van der Waals surface area contributed by atoms with Crippen molar-refractivity contribution in [2.75, 3.05) is 20.1 Å². The second-order valence-corrected chi connectivity index (χ2v) is 5.58. The molecular weight excluding hydrogens is 261 g/mol. The minimum atomic E-state index is -4.22. The van der Waals surface area contributed by atoms with E-state index in [1.54, 1.807) is 23.3 Å². The summed E-state index contributed by atoms with van der Waals surface area (Å²) in [6, 6.07) is 4.02. The molecule has 1 aromatic rings. The number of hydrogen-bond acceptors (Lipinski definition) is 3. The minimum absolute atomic E-state index is 0.0491. The molecule has 0 aliphatic rings. The first-order valence-electron chi connectivity index (χ1n) is 5.84. The highest BCUT2D eigenvalue weighted by molar-refractivity contribution is 7.09. The summed E-state index contributed by atoms with van der Waals surface area (Å²) in [4.78, 5) is 2.91. The van der Waals surface area contributed by atoms with E-state index in [0.717, 1.165) is 6.42 Å². The fraction of sp³-hybridized carbons (Fsp3) is 0.667. The van der Waals surface area contributed by atoms with Gasteiger partial charge >= 0.3 is 6.18 Å². The van der Waals surface area contributed by atoms with Crippen LogP contribution in [-0.2, 0) is 6.42 Å². The Hall–Kier alpha value is -0.590. The zero-order valence-corrected chi connectivity index (χ0v) is 11.4. The molecule has 2 nitrogen and oxygen atoms in total. The Balaban J connectivity index is 2.50. The maximum absolute atomic E-state index is 12.6.